The smallest absolute Gasteiger partial charge is 0.304 e. The number of carboxylic acid groups (broad SMARTS) is 1. The van der Waals surface area contributed by atoms with E-state index in [1.165, 1.54) is 51.6 Å². The van der Waals surface area contributed by atoms with Crippen LogP contribution in [0.5, 0.6) is 0 Å². The van der Waals surface area contributed by atoms with Crippen molar-refractivity contribution in [2.75, 3.05) is 39.3 Å². The van der Waals surface area contributed by atoms with Gasteiger partial charge in [0.15, 0.2) is 0 Å². The molecule has 0 aromatic rings. The molecule has 0 unspecified atom stereocenters. The van der Waals surface area contributed by atoms with Gasteiger partial charge in [-0.3, -0.25) is 4.79 Å². The van der Waals surface area contributed by atoms with E-state index in [0.29, 0.717) is 6.54 Å². The number of hydrogen-bond donors (Lipinski definition) is 1. The third-order valence-electron chi connectivity index (χ3n) is 3.90. The van der Waals surface area contributed by atoms with Crippen LogP contribution < -0.4 is 0 Å². The zero-order chi connectivity index (χ0) is 13.9. The molecule has 0 atom stereocenters. The Morgan fingerprint density at radius 1 is 1.11 bits per heavy atom. The van der Waals surface area contributed by atoms with Gasteiger partial charge in [-0.05, 0) is 38.9 Å². The summed E-state index contributed by atoms with van der Waals surface area (Å²) in [5.41, 5.74) is 0. The van der Waals surface area contributed by atoms with Crippen LogP contribution in [0.3, 0.4) is 0 Å². The van der Waals surface area contributed by atoms with Gasteiger partial charge in [0.1, 0.15) is 0 Å². The van der Waals surface area contributed by atoms with Crippen molar-refractivity contribution in [3.8, 4) is 0 Å². The molecule has 19 heavy (non-hydrogen) atoms. The number of carboxylic acids is 1. The SMILES string of the molecule is CCCCCN(CCC(=O)O)CCN1CCCCC1. The molecule has 1 rings (SSSR count). The summed E-state index contributed by atoms with van der Waals surface area (Å²) in [5.74, 6) is -0.682. The highest BCUT2D eigenvalue weighted by Gasteiger charge is 2.12. The minimum atomic E-state index is -0.682. The summed E-state index contributed by atoms with van der Waals surface area (Å²) < 4.78 is 0. The molecule has 1 fully saturated rings. The van der Waals surface area contributed by atoms with Crippen molar-refractivity contribution in [3.05, 3.63) is 0 Å². The Balaban J connectivity index is 2.23. The predicted octanol–water partition coefficient (Wildman–Crippen LogP) is 2.44. The molecular formula is C15H30N2O2. The molecule has 0 aromatic carbocycles. The Labute approximate surface area is 117 Å². The minimum Gasteiger partial charge on any atom is -0.481 e. The van der Waals surface area contributed by atoms with Gasteiger partial charge >= 0.3 is 5.97 Å². The Morgan fingerprint density at radius 2 is 1.84 bits per heavy atom. The molecule has 1 heterocycles. The van der Waals surface area contributed by atoms with Crippen LogP contribution in [0.4, 0.5) is 0 Å². The maximum absolute atomic E-state index is 10.7. The first kappa shape index (κ1) is 16.4. The molecule has 0 amide bonds. The van der Waals surface area contributed by atoms with E-state index in [2.05, 4.69) is 16.7 Å². The third kappa shape index (κ3) is 8.22. The zero-order valence-electron chi connectivity index (χ0n) is 12.4. The highest BCUT2D eigenvalue weighted by atomic mass is 16.4. The summed E-state index contributed by atoms with van der Waals surface area (Å²) >= 11 is 0. The number of unbranched alkanes of at least 4 members (excludes halogenated alkanes) is 2. The lowest BCUT2D eigenvalue weighted by Crippen LogP contribution is -2.39. The second-order valence-corrected chi connectivity index (χ2v) is 5.59. The van der Waals surface area contributed by atoms with Gasteiger partial charge in [-0.15, -0.1) is 0 Å². The molecule has 0 bridgehead atoms. The number of likely N-dealkylation sites (tertiary alicyclic amines) is 1. The van der Waals surface area contributed by atoms with Crippen molar-refractivity contribution >= 4 is 5.97 Å². The van der Waals surface area contributed by atoms with E-state index in [1.54, 1.807) is 0 Å². The first-order valence-corrected chi connectivity index (χ1v) is 7.89. The summed E-state index contributed by atoms with van der Waals surface area (Å²) in [6, 6.07) is 0. The van der Waals surface area contributed by atoms with Crippen LogP contribution in [0.15, 0.2) is 0 Å². The lowest BCUT2D eigenvalue weighted by Gasteiger charge is -2.29. The first-order valence-electron chi connectivity index (χ1n) is 7.89. The summed E-state index contributed by atoms with van der Waals surface area (Å²) in [5, 5.41) is 8.81. The van der Waals surface area contributed by atoms with Crippen LogP contribution in [0.1, 0.15) is 51.9 Å². The van der Waals surface area contributed by atoms with Gasteiger partial charge in [-0.2, -0.15) is 0 Å². The lowest BCUT2D eigenvalue weighted by atomic mass is 10.1. The van der Waals surface area contributed by atoms with Crippen LogP contribution >= 0.6 is 0 Å². The minimum absolute atomic E-state index is 0.270. The molecule has 1 aliphatic rings. The second-order valence-electron chi connectivity index (χ2n) is 5.59. The fraction of sp³-hybridized carbons (Fsp3) is 0.933. The standard InChI is InChI=1S/C15H30N2O2/c1-2-3-5-9-17(12-8-15(18)19)14-13-16-10-6-4-7-11-16/h2-14H2,1H3,(H,18,19). The van der Waals surface area contributed by atoms with E-state index in [0.717, 1.165) is 19.6 Å². The topological polar surface area (TPSA) is 43.8 Å². The Bertz CT molecular complexity index is 240. The summed E-state index contributed by atoms with van der Waals surface area (Å²) in [6.45, 7) is 8.53. The largest absolute Gasteiger partial charge is 0.481 e. The van der Waals surface area contributed by atoms with Crippen molar-refractivity contribution in [2.45, 2.75) is 51.9 Å². The van der Waals surface area contributed by atoms with Gasteiger partial charge in [-0.25, -0.2) is 0 Å². The van der Waals surface area contributed by atoms with Crippen molar-refractivity contribution in [1.82, 2.24) is 9.80 Å². The normalized spacial score (nSPS) is 16.9. The molecule has 0 spiro atoms. The number of hydrogen-bond acceptors (Lipinski definition) is 3. The summed E-state index contributed by atoms with van der Waals surface area (Å²) in [4.78, 5) is 15.6. The highest BCUT2D eigenvalue weighted by Crippen LogP contribution is 2.08. The van der Waals surface area contributed by atoms with E-state index < -0.39 is 5.97 Å². The molecule has 1 N–H and O–H groups in total. The van der Waals surface area contributed by atoms with Crippen LogP contribution in [-0.4, -0.2) is 60.1 Å². The van der Waals surface area contributed by atoms with Gasteiger partial charge in [-0.1, -0.05) is 26.2 Å². The molecule has 1 aliphatic heterocycles. The first-order chi connectivity index (χ1) is 9.22. The molecule has 0 radical (unpaired) electrons. The Hall–Kier alpha value is -0.610. The maximum atomic E-state index is 10.7. The van der Waals surface area contributed by atoms with Crippen LogP contribution in [0, 0.1) is 0 Å². The monoisotopic (exact) mass is 270 g/mol. The van der Waals surface area contributed by atoms with Gasteiger partial charge in [0, 0.05) is 19.6 Å². The zero-order valence-corrected chi connectivity index (χ0v) is 12.4. The van der Waals surface area contributed by atoms with Gasteiger partial charge < -0.3 is 14.9 Å². The Kier molecular flexibility index (Phi) is 8.84. The second kappa shape index (κ2) is 10.2. The fourth-order valence-corrected chi connectivity index (χ4v) is 2.64. The van der Waals surface area contributed by atoms with Crippen molar-refractivity contribution in [3.63, 3.8) is 0 Å². The lowest BCUT2D eigenvalue weighted by molar-refractivity contribution is -0.137. The summed E-state index contributed by atoms with van der Waals surface area (Å²) in [6.07, 6.45) is 7.94. The third-order valence-corrected chi connectivity index (χ3v) is 3.90. The number of rotatable bonds is 10. The van der Waals surface area contributed by atoms with Crippen LogP contribution in [0.2, 0.25) is 0 Å². The predicted molar refractivity (Wildman–Crippen MR) is 78.5 cm³/mol. The fourth-order valence-electron chi connectivity index (χ4n) is 2.64. The van der Waals surface area contributed by atoms with Crippen molar-refractivity contribution in [1.29, 1.82) is 0 Å². The van der Waals surface area contributed by atoms with Crippen molar-refractivity contribution < 1.29 is 9.90 Å². The van der Waals surface area contributed by atoms with Crippen LogP contribution in [0.25, 0.3) is 0 Å². The average molecular weight is 270 g/mol. The highest BCUT2D eigenvalue weighted by molar-refractivity contribution is 5.66. The van der Waals surface area contributed by atoms with Crippen molar-refractivity contribution in [2.24, 2.45) is 0 Å². The number of carbonyl (C=O) groups is 1. The van der Waals surface area contributed by atoms with Gasteiger partial charge in [0.05, 0.1) is 6.42 Å². The molecule has 0 aliphatic carbocycles. The molecular weight excluding hydrogens is 240 g/mol. The molecule has 4 heteroatoms. The molecule has 0 aromatic heterocycles. The maximum Gasteiger partial charge on any atom is 0.304 e. The Morgan fingerprint density at radius 3 is 2.47 bits per heavy atom. The van der Waals surface area contributed by atoms with Gasteiger partial charge in [0.2, 0.25) is 0 Å². The molecule has 4 nitrogen and oxygen atoms in total. The van der Waals surface area contributed by atoms with E-state index in [-0.39, 0.29) is 6.42 Å². The average Bonchev–Trinajstić information content (AvgIpc) is 2.42. The number of nitrogens with zero attached hydrogens (tertiary/aromatic N) is 2. The molecule has 1 saturated heterocycles. The number of aliphatic carboxylic acids is 1. The molecule has 112 valence electrons. The quantitative estimate of drug-likeness (QED) is 0.619. The van der Waals surface area contributed by atoms with Crippen LogP contribution in [-0.2, 0) is 4.79 Å². The van der Waals surface area contributed by atoms with E-state index in [4.69, 9.17) is 5.11 Å². The van der Waals surface area contributed by atoms with E-state index >= 15 is 0 Å². The molecule has 0 saturated carbocycles. The van der Waals surface area contributed by atoms with E-state index in [9.17, 15) is 4.79 Å². The number of piperidine rings is 1. The van der Waals surface area contributed by atoms with Gasteiger partial charge in [0.25, 0.3) is 0 Å². The van der Waals surface area contributed by atoms with E-state index in [1.807, 2.05) is 0 Å². The summed E-state index contributed by atoms with van der Waals surface area (Å²) in [7, 11) is 0.